The first-order valence-electron chi connectivity index (χ1n) is 32.3. The van der Waals surface area contributed by atoms with E-state index in [0.29, 0.717) is 12.8 Å². The van der Waals surface area contributed by atoms with E-state index in [1.807, 2.05) is 0 Å². The zero-order valence-electron chi connectivity index (χ0n) is 51.1. The maximum atomic E-state index is 13.3. The van der Waals surface area contributed by atoms with Crippen LogP contribution in [0.25, 0.3) is 0 Å². The molecule has 2 fully saturated rings. The molecule has 0 aromatic heterocycles. The number of aliphatic hydroxyl groups excluding tert-OH is 8. The highest BCUT2D eigenvalue weighted by Crippen LogP contribution is 2.30. The molecule has 2 saturated heterocycles. The summed E-state index contributed by atoms with van der Waals surface area (Å²) < 4.78 is 22.8. The number of rotatable bonds is 50. The normalized spacial score (nSPS) is 24.7. The molecule has 83 heavy (non-hydrogen) atoms. The maximum absolute atomic E-state index is 13.3. The van der Waals surface area contributed by atoms with Crippen LogP contribution in [0, 0.1) is 0 Å². The van der Waals surface area contributed by atoms with E-state index in [1.165, 1.54) is 51.4 Å². The lowest BCUT2D eigenvalue weighted by molar-refractivity contribution is -0.359. The Kier molecular flexibility index (Phi) is 47.9. The minimum Gasteiger partial charge on any atom is -0.394 e. The van der Waals surface area contributed by atoms with Crippen LogP contribution in [0.4, 0.5) is 0 Å². The van der Waals surface area contributed by atoms with Gasteiger partial charge in [-0.15, -0.1) is 0 Å². The first-order valence-corrected chi connectivity index (χ1v) is 32.3. The Morgan fingerprint density at radius 3 is 1.28 bits per heavy atom. The molecule has 0 aliphatic carbocycles. The summed E-state index contributed by atoms with van der Waals surface area (Å²) in [4.78, 5) is 13.3. The monoisotopic (exact) mass is 1170 g/mol. The van der Waals surface area contributed by atoms with Crippen LogP contribution < -0.4 is 5.32 Å². The van der Waals surface area contributed by atoms with Gasteiger partial charge < -0.3 is 65.1 Å². The molecule has 2 rings (SSSR count). The SMILES string of the molecule is CC/C=C\C/C=C\C/C=C\C/C=C\C/C=C\C/C=C\C/C=C\C/C=C\C/C=C\C/C=C\CCCCCCCCC(=O)NC(COC1OC(CO)C(OC2OC(CO)C(O)C(O)C2O)C(O)C1O)C(O)CCCCCCCCCCCCCC. The predicted octanol–water partition coefficient (Wildman–Crippen LogP) is 12.2. The molecule has 0 spiro atoms. The largest absolute Gasteiger partial charge is 0.394 e. The maximum Gasteiger partial charge on any atom is 0.220 e. The van der Waals surface area contributed by atoms with Gasteiger partial charge in [0.1, 0.15) is 48.8 Å². The van der Waals surface area contributed by atoms with Crippen molar-refractivity contribution >= 4 is 5.91 Å². The van der Waals surface area contributed by atoms with Crippen molar-refractivity contribution in [2.75, 3.05) is 19.8 Å². The fourth-order valence-corrected chi connectivity index (χ4v) is 9.79. The highest BCUT2D eigenvalue weighted by atomic mass is 16.7. The smallest absolute Gasteiger partial charge is 0.220 e. The van der Waals surface area contributed by atoms with E-state index < -0.39 is 86.8 Å². The summed E-state index contributed by atoms with van der Waals surface area (Å²) in [7, 11) is 0. The number of unbranched alkanes of at least 4 members (excludes halogenated alkanes) is 17. The Bertz CT molecular complexity index is 1850. The highest BCUT2D eigenvalue weighted by Gasteiger charge is 2.51. The molecule has 2 aliphatic heterocycles. The van der Waals surface area contributed by atoms with Crippen LogP contribution >= 0.6 is 0 Å². The second-order valence-corrected chi connectivity index (χ2v) is 22.2. The molecule has 12 atom stereocenters. The van der Waals surface area contributed by atoms with E-state index >= 15 is 0 Å². The van der Waals surface area contributed by atoms with Gasteiger partial charge in [-0.05, 0) is 89.9 Å². The number of hydrogen-bond donors (Lipinski definition) is 9. The zero-order valence-corrected chi connectivity index (χ0v) is 51.1. The summed E-state index contributed by atoms with van der Waals surface area (Å²) in [5, 5.41) is 87.2. The van der Waals surface area contributed by atoms with Crippen molar-refractivity contribution in [2.45, 2.75) is 286 Å². The average molecular weight is 1170 g/mol. The van der Waals surface area contributed by atoms with Gasteiger partial charge in [0.15, 0.2) is 12.6 Å². The summed E-state index contributed by atoms with van der Waals surface area (Å²) in [6.07, 6.45) is 59.2. The lowest BCUT2D eigenvalue weighted by atomic mass is 9.97. The van der Waals surface area contributed by atoms with E-state index in [-0.39, 0.29) is 18.9 Å². The fraction of sp³-hybridized carbons (Fsp3) is 0.696. The summed E-state index contributed by atoms with van der Waals surface area (Å²) in [5.74, 6) is -0.227. The summed E-state index contributed by atoms with van der Waals surface area (Å²) in [6.45, 7) is 2.71. The second-order valence-electron chi connectivity index (χ2n) is 22.2. The highest BCUT2D eigenvalue weighted by molar-refractivity contribution is 5.76. The minimum atomic E-state index is -1.79. The summed E-state index contributed by atoms with van der Waals surface area (Å²) in [5.41, 5.74) is 0. The van der Waals surface area contributed by atoms with Crippen LogP contribution in [-0.4, -0.2) is 140 Å². The molecule has 1 amide bonds. The van der Waals surface area contributed by atoms with Crippen molar-refractivity contribution in [3.8, 4) is 0 Å². The van der Waals surface area contributed by atoms with Crippen molar-refractivity contribution in [2.24, 2.45) is 0 Å². The van der Waals surface area contributed by atoms with Gasteiger partial charge in [0.05, 0.1) is 32.0 Å². The van der Waals surface area contributed by atoms with Gasteiger partial charge in [0, 0.05) is 6.42 Å². The van der Waals surface area contributed by atoms with Crippen LogP contribution in [0.5, 0.6) is 0 Å². The molecule has 12 unspecified atom stereocenters. The van der Waals surface area contributed by atoms with Gasteiger partial charge in [-0.1, -0.05) is 238 Å². The number of amides is 1. The number of carbonyl (C=O) groups excluding carboxylic acids is 1. The van der Waals surface area contributed by atoms with Crippen LogP contribution in [0.3, 0.4) is 0 Å². The molecular formula is C69H115NO13. The second kappa shape index (κ2) is 52.7. The van der Waals surface area contributed by atoms with Gasteiger partial charge in [0.25, 0.3) is 0 Å². The molecule has 0 aromatic carbocycles. The predicted molar refractivity (Wildman–Crippen MR) is 336 cm³/mol. The standard InChI is InChI=1S/C69H115NO13/c1-3-5-7-9-11-13-15-17-18-19-20-21-22-23-24-25-26-27-28-29-30-31-32-33-34-35-36-37-38-39-40-41-43-45-47-49-51-53-61(74)70-57(58(73)52-50-48-46-44-42-16-14-12-10-8-6-4-2)56-80-68-66(79)64(77)67(60(55-72)82-68)83-69-65(78)63(76)62(75)59(54-71)81-69/h5,7,11,13,17-18,20-21,23-24,26-27,29-30,32-33,35-36,38-39,57-60,62-69,71-73,75-79H,3-4,6,8-10,12,14-16,19,22,25,28,31,34,37,40-56H2,1-2H3,(H,70,74)/b7-5-,13-11-,18-17-,21-20-,24-23-,27-26-,30-29-,33-32-,36-35-,39-38-. The molecule has 0 bridgehead atoms. The third kappa shape index (κ3) is 37.5. The molecule has 0 aromatic rings. The van der Waals surface area contributed by atoms with Crippen LogP contribution in [0.2, 0.25) is 0 Å². The van der Waals surface area contributed by atoms with Crippen molar-refractivity contribution in [1.82, 2.24) is 5.32 Å². The van der Waals surface area contributed by atoms with Crippen LogP contribution in [-0.2, 0) is 23.7 Å². The van der Waals surface area contributed by atoms with Gasteiger partial charge in [-0.2, -0.15) is 0 Å². The first kappa shape index (κ1) is 75.5. The Balaban J connectivity index is 1.65. The fourth-order valence-electron chi connectivity index (χ4n) is 9.79. The van der Waals surface area contributed by atoms with Crippen molar-refractivity contribution in [1.29, 1.82) is 0 Å². The number of carbonyl (C=O) groups is 1. The van der Waals surface area contributed by atoms with Crippen LogP contribution in [0.1, 0.15) is 213 Å². The Morgan fingerprint density at radius 2 is 0.831 bits per heavy atom. The van der Waals surface area contributed by atoms with Gasteiger partial charge in [0.2, 0.25) is 5.91 Å². The number of ether oxygens (including phenoxy) is 4. The lowest BCUT2D eigenvalue weighted by Gasteiger charge is -2.46. The van der Waals surface area contributed by atoms with E-state index in [1.54, 1.807) is 0 Å². The van der Waals surface area contributed by atoms with Gasteiger partial charge >= 0.3 is 0 Å². The first-order chi connectivity index (χ1) is 40.6. The van der Waals surface area contributed by atoms with E-state index in [9.17, 15) is 45.6 Å². The molecule has 0 radical (unpaired) electrons. The summed E-state index contributed by atoms with van der Waals surface area (Å²) in [6, 6.07) is -0.845. The minimum absolute atomic E-state index is 0.227. The molecule has 474 valence electrons. The molecule has 14 heteroatoms. The molecule has 14 nitrogen and oxygen atoms in total. The van der Waals surface area contributed by atoms with E-state index in [2.05, 4.69) is 141 Å². The van der Waals surface area contributed by atoms with Gasteiger partial charge in [-0.25, -0.2) is 0 Å². The lowest BCUT2D eigenvalue weighted by Crippen LogP contribution is -2.65. The van der Waals surface area contributed by atoms with Crippen molar-refractivity contribution in [3.05, 3.63) is 122 Å². The Morgan fingerprint density at radius 1 is 0.446 bits per heavy atom. The quantitative estimate of drug-likeness (QED) is 0.0204. The Labute approximate surface area is 501 Å². The van der Waals surface area contributed by atoms with Crippen LogP contribution in [0.15, 0.2) is 122 Å². The third-order valence-electron chi connectivity index (χ3n) is 14.9. The number of hydrogen-bond acceptors (Lipinski definition) is 13. The molecule has 9 N–H and O–H groups in total. The number of nitrogens with one attached hydrogen (secondary N) is 1. The molecular weight excluding hydrogens is 1050 g/mol. The third-order valence-corrected chi connectivity index (χ3v) is 14.9. The number of aliphatic hydroxyl groups is 8. The Hall–Kier alpha value is -3.61. The average Bonchev–Trinajstić information content (AvgIpc) is 3.58. The molecule has 2 aliphatic rings. The van der Waals surface area contributed by atoms with E-state index in [0.717, 1.165) is 128 Å². The van der Waals surface area contributed by atoms with E-state index in [4.69, 9.17) is 18.9 Å². The summed E-state index contributed by atoms with van der Waals surface area (Å²) >= 11 is 0. The molecule has 0 saturated carbocycles. The van der Waals surface area contributed by atoms with Crippen molar-refractivity contribution in [3.63, 3.8) is 0 Å². The topological polar surface area (TPSA) is 228 Å². The number of allylic oxidation sites excluding steroid dienone is 20. The van der Waals surface area contributed by atoms with Crippen molar-refractivity contribution < 1.29 is 64.6 Å². The molecule has 2 heterocycles. The van der Waals surface area contributed by atoms with Gasteiger partial charge in [-0.3, -0.25) is 4.79 Å². The zero-order chi connectivity index (χ0) is 60.2.